The summed E-state index contributed by atoms with van der Waals surface area (Å²) in [6.07, 6.45) is 0.926. The van der Waals surface area contributed by atoms with Crippen LogP contribution in [-0.4, -0.2) is 49.4 Å². The van der Waals surface area contributed by atoms with Gasteiger partial charge in [0.05, 0.1) is 16.7 Å². The van der Waals surface area contributed by atoms with Crippen LogP contribution < -0.4 is 16.4 Å². The minimum Gasteiger partial charge on any atom is -0.444 e. The molecule has 0 atom stereocenters. The number of carbonyl (C=O) groups is 3. The number of hydrogen-bond acceptors (Lipinski definition) is 6. The van der Waals surface area contributed by atoms with E-state index < -0.39 is 17.6 Å². The zero-order valence-corrected chi connectivity index (χ0v) is 21.7. The second kappa shape index (κ2) is 10.8. The van der Waals surface area contributed by atoms with Crippen molar-refractivity contribution in [2.45, 2.75) is 72.6 Å². The highest BCUT2D eigenvalue weighted by atomic mass is 16.6. The third-order valence-electron chi connectivity index (χ3n) is 5.31. The number of nitrogens with zero attached hydrogens (tertiary/aromatic N) is 4. The molecule has 0 radical (unpaired) electrons. The van der Waals surface area contributed by atoms with Crippen molar-refractivity contribution < 1.29 is 19.1 Å². The summed E-state index contributed by atoms with van der Waals surface area (Å²) in [5, 5.41) is 10.1. The van der Waals surface area contributed by atoms with Gasteiger partial charge in [0, 0.05) is 24.7 Å². The fraction of sp³-hybridized carbons (Fsp3) is 0.480. The summed E-state index contributed by atoms with van der Waals surface area (Å²) in [6.45, 7) is 12.1. The third kappa shape index (κ3) is 6.61. The van der Waals surface area contributed by atoms with Gasteiger partial charge in [0.15, 0.2) is 0 Å². The maximum atomic E-state index is 13.2. The second-order valence-corrected chi connectivity index (χ2v) is 9.95. The van der Waals surface area contributed by atoms with E-state index in [4.69, 9.17) is 10.5 Å². The van der Waals surface area contributed by atoms with Crippen molar-refractivity contribution in [3.8, 4) is 0 Å². The molecule has 0 unspecified atom stereocenters. The number of rotatable bonds is 9. The summed E-state index contributed by atoms with van der Waals surface area (Å²) in [4.78, 5) is 41.2. The number of ether oxygens (including phenoxy) is 1. The lowest BCUT2D eigenvalue weighted by atomic mass is 10.2. The van der Waals surface area contributed by atoms with E-state index in [0.717, 1.165) is 11.2 Å². The summed E-state index contributed by atoms with van der Waals surface area (Å²) in [6, 6.07) is 6.75. The normalized spacial score (nSPS) is 11.6. The Kier molecular flexibility index (Phi) is 8.01. The minimum atomic E-state index is -0.555. The maximum absolute atomic E-state index is 13.2. The molecule has 11 nitrogen and oxygen atoms in total. The van der Waals surface area contributed by atoms with E-state index in [2.05, 4.69) is 20.7 Å². The molecular formula is C25H35N7O4. The van der Waals surface area contributed by atoms with E-state index >= 15 is 0 Å². The van der Waals surface area contributed by atoms with Crippen LogP contribution in [0.15, 0.2) is 24.3 Å². The van der Waals surface area contributed by atoms with Crippen LogP contribution in [0.25, 0.3) is 11.0 Å². The summed E-state index contributed by atoms with van der Waals surface area (Å²) in [7, 11) is 0. The fourth-order valence-corrected chi connectivity index (χ4v) is 3.75. The first-order valence-electron chi connectivity index (χ1n) is 12.0. The van der Waals surface area contributed by atoms with Crippen LogP contribution in [0.5, 0.6) is 0 Å². The Bertz CT molecular complexity index is 1270. The Morgan fingerprint density at radius 1 is 1.14 bits per heavy atom. The molecule has 0 aliphatic heterocycles. The first kappa shape index (κ1) is 26.7. The highest BCUT2D eigenvalue weighted by Crippen LogP contribution is 2.23. The topological polar surface area (TPSA) is 146 Å². The van der Waals surface area contributed by atoms with Gasteiger partial charge in [-0.25, -0.2) is 9.78 Å². The number of hydrogen-bond donors (Lipinski definition) is 3. The Balaban J connectivity index is 1.79. The highest BCUT2D eigenvalue weighted by molar-refractivity contribution is 6.03. The standard InChI is InChI=1S/C25H35N7O4/c1-15(2)32-20(13-16(3)30-32)22(34)29-23-28-18-14-17(21(26)33)9-10-19(18)31(23)12-8-7-11-27-24(35)36-25(4,5)6/h9-10,13-15H,7-8,11-12H2,1-6H3,(H2,26,33)(H,27,35)(H,28,29,34). The average Bonchev–Trinajstić information content (AvgIpc) is 3.32. The van der Waals surface area contributed by atoms with Crippen LogP contribution >= 0.6 is 0 Å². The smallest absolute Gasteiger partial charge is 0.407 e. The van der Waals surface area contributed by atoms with Gasteiger partial charge in [-0.2, -0.15) is 5.10 Å². The third-order valence-corrected chi connectivity index (χ3v) is 5.31. The highest BCUT2D eigenvalue weighted by Gasteiger charge is 2.20. The molecule has 3 amide bonds. The first-order chi connectivity index (χ1) is 16.9. The van der Waals surface area contributed by atoms with Crippen molar-refractivity contribution in [3.63, 3.8) is 0 Å². The molecule has 1 aromatic carbocycles. The predicted octanol–water partition coefficient (Wildman–Crippen LogP) is 3.78. The van der Waals surface area contributed by atoms with Gasteiger partial charge in [0.1, 0.15) is 11.3 Å². The van der Waals surface area contributed by atoms with Gasteiger partial charge >= 0.3 is 6.09 Å². The molecule has 0 saturated carbocycles. The number of aromatic nitrogens is 4. The van der Waals surface area contributed by atoms with Crippen molar-refractivity contribution in [1.82, 2.24) is 24.6 Å². The van der Waals surface area contributed by atoms with E-state index in [1.165, 1.54) is 0 Å². The van der Waals surface area contributed by atoms with Crippen molar-refractivity contribution >= 4 is 34.9 Å². The fourth-order valence-electron chi connectivity index (χ4n) is 3.75. The molecule has 36 heavy (non-hydrogen) atoms. The zero-order chi connectivity index (χ0) is 26.6. The molecule has 194 valence electrons. The van der Waals surface area contributed by atoms with E-state index in [1.54, 1.807) is 28.9 Å². The number of aryl methyl sites for hydroxylation is 2. The van der Waals surface area contributed by atoms with Crippen LogP contribution in [0.2, 0.25) is 0 Å². The molecular weight excluding hydrogens is 462 g/mol. The monoisotopic (exact) mass is 497 g/mol. The number of unbranched alkanes of at least 4 members (excludes halogenated alkanes) is 1. The van der Waals surface area contributed by atoms with Gasteiger partial charge in [-0.3, -0.25) is 19.6 Å². The van der Waals surface area contributed by atoms with E-state index in [0.29, 0.717) is 48.7 Å². The quantitative estimate of drug-likeness (QED) is 0.384. The van der Waals surface area contributed by atoms with Gasteiger partial charge < -0.3 is 20.4 Å². The van der Waals surface area contributed by atoms with Crippen LogP contribution in [0, 0.1) is 6.92 Å². The lowest BCUT2D eigenvalue weighted by molar-refractivity contribution is 0.0526. The molecule has 3 aromatic rings. The van der Waals surface area contributed by atoms with Gasteiger partial charge in [-0.15, -0.1) is 0 Å². The molecule has 0 aliphatic rings. The van der Waals surface area contributed by atoms with Gasteiger partial charge in [0.25, 0.3) is 5.91 Å². The van der Waals surface area contributed by atoms with Crippen LogP contribution in [0.3, 0.4) is 0 Å². The van der Waals surface area contributed by atoms with Crippen LogP contribution in [0.1, 0.15) is 80.0 Å². The SMILES string of the molecule is Cc1cc(C(=O)Nc2nc3cc(C(N)=O)ccc3n2CCCCNC(=O)OC(C)(C)C)n(C(C)C)n1. The number of nitrogens with one attached hydrogen (secondary N) is 2. The molecule has 0 fully saturated rings. The van der Waals surface area contributed by atoms with E-state index in [1.807, 2.05) is 46.1 Å². The number of benzene rings is 1. The predicted molar refractivity (Wildman–Crippen MR) is 137 cm³/mol. The lowest BCUT2D eigenvalue weighted by Crippen LogP contribution is -2.33. The average molecular weight is 498 g/mol. The second-order valence-electron chi connectivity index (χ2n) is 9.95. The number of imidazole rings is 1. The molecule has 0 aliphatic carbocycles. The molecule has 0 saturated heterocycles. The molecule has 4 N–H and O–H groups in total. The van der Waals surface area contributed by atoms with Crippen molar-refractivity contribution in [1.29, 1.82) is 0 Å². The Hall–Kier alpha value is -3.89. The van der Waals surface area contributed by atoms with Gasteiger partial charge in [0.2, 0.25) is 11.9 Å². The minimum absolute atomic E-state index is 0.00821. The Morgan fingerprint density at radius 2 is 1.86 bits per heavy atom. The molecule has 3 rings (SSSR count). The van der Waals surface area contributed by atoms with E-state index in [9.17, 15) is 14.4 Å². The first-order valence-corrected chi connectivity index (χ1v) is 12.0. The Labute approximate surface area is 210 Å². The van der Waals surface area contributed by atoms with Gasteiger partial charge in [-0.05, 0) is 78.6 Å². The number of fused-ring (bicyclic) bond motifs is 1. The number of nitrogens with two attached hydrogens (primary N) is 1. The molecule has 2 aromatic heterocycles. The molecule has 0 spiro atoms. The lowest BCUT2D eigenvalue weighted by Gasteiger charge is -2.19. The number of primary amides is 1. The number of alkyl carbamates (subject to hydrolysis) is 1. The summed E-state index contributed by atoms with van der Waals surface area (Å²) in [5.74, 6) is -0.532. The number of amides is 3. The molecule has 0 bridgehead atoms. The van der Waals surface area contributed by atoms with Crippen LogP contribution in [-0.2, 0) is 11.3 Å². The summed E-state index contributed by atoms with van der Waals surface area (Å²) in [5.41, 5.74) is 7.68. The Morgan fingerprint density at radius 3 is 2.50 bits per heavy atom. The largest absolute Gasteiger partial charge is 0.444 e. The van der Waals surface area contributed by atoms with Crippen LogP contribution in [0.4, 0.5) is 10.7 Å². The number of carbonyl (C=O) groups excluding carboxylic acids is 3. The number of anilines is 1. The summed E-state index contributed by atoms with van der Waals surface area (Å²) >= 11 is 0. The summed E-state index contributed by atoms with van der Waals surface area (Å²) < 4.78 is 8.81. The molecule has 2 heterocycles. The van der Waals surface area contributed by atoms with Crippen molar-refractivity contribution in [2.24, 2.45) is 5.73 Å². The van der Waals surface area contributed by atoms with E-state index in [-0.39, 0.29) is 11.9 Å². The molecule has 11 heteroatoms. The van der Waals surface area contributed by atoms with Crippen molar-refractivity contribution in [3.05, 3.63) is 41.2 Å². The zero-order valence-electron chi connectivity index (χ0n) is 21.7. The maximum Gasteiger partial charge on any atom is 0.407 e. The van der Waals surface area contributed by atoms with Crippen molar-refractivity contribution in [2.75, 3.05) is 11.9 Å². The van der Waals surface area contributed by atoms with Gasteiger partial charge in [-0.1, -0.05) is 0 Å².